The third-order valence-electron chi connectivity index (χ3n) is 13.0. The van der Waals surface area contributed by atoms with Crippen molar-refractivity contribution in [3.8, 4) is 0 Å². The predicted octanol–water partition coefficient (Wildman–Crippen LogP) is 10.0. The average Bonchev–Trinajstić information content (AvgIpc) is 3.44. The minimum absolute atomic E-state index is 0.0453. The number of benzene rings is 1. The fourth-order valence-corrected chi connectivity index (χ4v) is 11.5. The third kappa shape index (κ3) is 6.86. The van der Waals surface area contributed by atoms with E-state index in [1.165, 1.54) is 11.8 Å². The summed E-state index contributed by atoms with van der Waals surface area (Å²) in [6.45, 7) is 14.4. The Morgan fingerprint density at radius 1 is 0.894 bits per heavy atom. The number of ether oxygens (including phenoxy) is 1. The maximum atomic E-state index is 13.1. The Bertz CT molecular complexity index is 1390. The Kier molecular flexibility index (Phi) is 11.2. The van der Waals surface area contributed by atoms with Crippen molar-refractivity contribution < 1.29 is 35.3 Å². The van der Waals surface area contributed by atoms with E-state index in [4.69, 9.17) is 8.92 Å². The minimum atomic E-state index is -5.69. The number of hydrogen-bond acceptors (Lipinski definition) is 5. The van der Waals surface area contributed by atoms with Gasteiger partial charge in [-0.1, -0.05) is 70.5 Å². The van der Waals surface area contributed by atoms with Crippen LogP contribution < -0.4 is 0 Å². The number of halogens is 3. The van der Waals surface area contributed by atoms with E-state index in [2.05, 4.69) is 20.4 Å². The summed E-state index contributed by atoms with van der Waals surface area (Å²) in [7, 11) is -3.99. The standard InChI is InChI=1S/C27H39F3O4S.C8H10O.C3H6/c1-23(2)21-10-9-17-18(25(21,4)13-11-22(23)34-35(32,33)27(28,29)30)7-8-19-20-6-5-12-26(20,16-31)15-14-24(17,19)3;1-9-7-8-5-3-2-4-6-8;1-3-2/h11,16-21H,5-10,12-15H2,1-4H3;2-6H,7H2,1H3;3H,1H2,2H3/t17?,18?,19?,20-,21?,24+,25?,26?;;/m1../s1. The largest absolute Gasteiger partial charge is 0.534 e. The Labute approximate surface area is 280 Å². The molecule has 5 aliphatic rings. The Balaban J connectivity index is 0.000000353. The van der Waals surface area contributed by atoms with Crippen LogP contribution in [-0.2, 0) is 30.4 Å². The molecule has 4 saturated carbocycles. The van der Waals surface area contributed by atoms with Gasteiger partial charge in [0.1, 0.15) is 12.0 Å². The van der Waals surface area contributed by atoms with Gasteiger partial charge in [0.2, 0.25) is 0 Å². The van der Waals surface area contributed by atoms with Crippen molar-refractivity contribution in [3.63, 3.8) is 0 Å². The van der Waals surface area contributed by atoms with Crippen LogP contribution in [0.2, 0.25) is 0 Å². The maximum Gasteiger partial charge on any atom is 0.534 e. The van der Waals surface area contributed by atoms with Gasteiger partial charge in [0.05, 0.1) is 6.61 Å². The van der Waals surface area contributed by atoms with E-state index in [1.807, 2.05) is 51.1 Å². The molecule has 264 valence electrons. The molecule has 0 bridgehead atoms. The van der Waals surface area contributed by atoms with Gasteiger partial charge in [-0.25, -0.2) is 0 Å². The Morgan fingerprint density at radius 3 is 2.04 bits per heavy atom. The molecule has 0 aromatic heterocycles. The van der Waals surface area contributed by atoms with Gasteiger partial charge in [-0.2, -0.15) is 21.6 Å². The summed E-state index contributed by atoms with van der Waals surface area (Å²) in [5.41, 5.74) is -5.08. The molecule has 0 amide bonds. The lowest BCUT2D eigenvalue weighted by molar-refractivity contribution is -0.177. The fourth-order valence-electron chi connectivity index (χ4n) is 10.9. The first-order valence-electron chi connectivity index (χ1n) is 17.2. The molecule has 0 spiro atoms. The van der Waals surface area contributed by atoms with Crippen molar-refractivity contribution >= 4 is 16.4 Å². The third-order valence-corrected chi connectivity index (χ3v) is 14.0. The van der Waals surface area contributed by atoms with Gasteiger partial charge in [0, 0.05) is 17.9 Å². The lowest BCUT2D eigenvalue weighted by Gasteiger charge is -2.67. The van der Waals surface area contributed by atoms with Crippen LogP contribution in [0.1, 0.15) is 104 Å². The van der Waals surface area contributed by atoms with E-state index < -0.39 is 21.0 Å². The molecule has 5 nitrogen and oxygen atoms in total. The smallest absolute Gasteiger partial charge is 0.380 e. The average molecular weight is 681 g/mol. The van der Waals surface area contributed by atoms with Crippen molar-refractivity contribution in [1.29, 1.82) is 0 Å². The van der Waals surface area contributed by atoms with Crippen LogP contribution in [0.3, 0.4) is 0 Å². The number of hydrogen-bond donors (Lipinski definition) is 0. The molecule has 6 rings (SSSR count). The summed E-state index contributed by atoms with van der Waals surface area (Å²) < 4.78 is 72.4. The summed E-state index contributed by atoms with van der Waals surface area (Å²) in [5, 5.41) is 0. The quantitative estimate of drug-likeness (QED) is 0.134. The predicted molar refractivity (Wildman–Crippen MR) is 179 cm³/mol. The highest BCUT2D eigenvalue weighted by molar-refractivity contribution is 7.87. The monoisotopic (exact) mass is 680 g/mol. The first-order chi connectivity index (χ1) is 22.0. The highest BCUT2D eigenvalue weighted by atomic mass is 32.2. The zero-order valence-electron chi connectivity index (χ0n) is 29.1. The number of carbonyl (C=O) groups excluding carboxylic acids is 1. The van der Waals surface area contributed by atoms with Gasteiger partial charge >= 0.3 is 15.6 Å². The normalized spacial score (nSPS) is 37.0. The molecule has 4 fully saturated rings. The molecule has 0 heterocycles. The van der Waals surface area contributed by atoms with Crippen molar-refractivity contribution in [2.75, 3.05) is 7.11 Å². The van der Waals surface area contributed by atoms with E-state index in [0.29, 0.717) is 36.7 Å². The van der Waals surface area contributed by atoms with Crippen LogP contribution in [0.15, 0.2) is 54.8 Å². The van der Waals surface area contributed by atoms with E-state index >= 15 is 0 Å². The van der Waals surface area contributed by atoms with Crippen LogP contribution in [0.5, 0.6) is 0 Å². The van der Waals surface area contributed by atoms with Gasteiger partial charge < -0.3 is 13.7 Å². The molecule has 0 N–H and O–H groups in total. The second kappa shape index (κ2) is 14.0. The van der Waals surface area contributed by atoms with Crippen LogP contribution in [0.4, 0.5) is 13.2 Å². The molecule has 8 atom stereocenters. The van der Waals surface area contributed by atoms with E-state index in [0.717, 1.165) is 57.8 Å². The first-order valence-corrected chi connectivity index (χ1v) is 18.7. The number of rotatable bonds is 5. The van der Waals surface area contributed by atoms with Gasteiger partial charge in [0.25, 0.3) is 0 Å². The van der Waals surface area contributed by atoms with Crippen molar-refractivity contribution in [2.45, 2.75) is 111 Å². The summed E-state index contributed by atoms with van der Waals surface area (Å²) in [6, 6.07) is 10.1. The molecule has 9 heteroatoms. The van der Waals surface area contributed by atoms with Crippen LogP contribution in [0.25, 0.3) is 0 Å². The molecule has 0 saturated heterocycles. The highest BCUT2D eigenvalue weighted by Gasteiger charge is 2.65. The molecule has 47 heavy (non-hydrogen) atoms. The summed E-state index contributed by atoms with van der Waals surface area (Å²) in [6.07, 6.45) is 14.6. The van der Waals surface area contributed by atoms with E-state index in [-0.39, 0.29) is 27.9 Å². The van der Waals surface area contributed by atoms with Gasteiger partial charge in [-0.3, -0.25) is 0 Å². The van der Waals surface area contributed by atoms with Crippen LogP contribution in [0, 0.1) is 51.2 Å². The number of fused-ring (bicyclic) bond motifs is 7. The maximum absolute atomic E-state index is 13.1. The van der Waals surface area contributed by atoms with Crippen LogP contribution in [-0.4, -0.2) is 27.3 Å². The molecule has 1 aromatic carbocycles. The van der Waals surface area contributed by atoms with E-state index in [1.54, 1.807) is 19.3 Å². The lowest BCUT2D eigenvalue weighted by Crippen LogP contribution is -2.60. The van der Waals surface area contributed by atoms with Gasteiger partial charge in [-0.15, -0.1) is 6.58 Å². The zero-order valence-corrected chi connectivity index (χ0v) is 29.9. The molecule has 5 aliphatic carbocycles. The fraction of sp³-hybridized carbons (Fsp3) is 0.711. The van der Waals surface area contributed by atoms with Crippen molar-refractivity contribution in [3.05, 3.63) is 60.4 Å². The van der Waals surface area contributed by atoms with Crippen molar-refractivity contribution in [1.82, 2.24) is 0 Å². The number of aldehydes is 1. The Morgan fingerprint density at radius 2 is 1.47 bits per heavy atom. The van der Waals surface area contributed by atoms with Crippen LogP contribution >= 0.6 is 0 Å². The lowest BCUT2D eigenvalue weighted by atomic mass is 9.38. The Hall–Kier alpha value is -2.13. The second-order valence-corrected chi connectivity index (χ2v) is 17.2. The second-order valence-electron chi connectivity index (χ2n) is 15.7. The first kappa shape index (κ1) is 37.7. The SMILES string of the molecule is C=CC.CC1(C)C(OS(=O)(=O)C(F)(F)F)=CCC2(C)C3CCC4[C@H]5CCCC5(C=O)CC[C@@]4(C)C3CCC12.COCc1ccccc1. The summed E-state index contributed by atoms with van der Waals surface area (Å²) in [5.74, 6) is 2.00. The molecule has 0 aliphatic heterocycles. The number of carbonyl (C=O) groups is 1. The molecular formula is C38H55F3O5S. The summed E-state index contributed by atoms with van der Waals surface area (Å²) >= 11 is 0. The topological polar surface area (TPSA) is 69.7 Å². The summed E-state index contributed by atoms with van der Waals surface area (Å²) in [4.78, 5) is 12.2. The van der Waals surface area contributed by atoms with Gasteiger partial charge in [0.15, 0.2) is 0 Å². The minimum Gasteiger partial charge on any atom is -0.380 e. The number of allylic oxidation sites excluding steroid dienone is 3. The molecule has 1 aromatic rings. The van der Waals surface area contributed by atoms with E-state index in [9.17, 15) is 26.4 Å². The zero-order chi connectivity index (χ0) is 34.9. The van der Waals surface area contributed by atoms with Crippen molar-refractivity contribution in [2.24, 2.45) is 51.2 Å². The molecule has 6 unspecified atom stereocenters. The molecular weight excluding hydrogens is 625 g/mol. The highest BCUT2D eigenvalue weighted by Crippen LogP contribution is 2.72. The number of alkyl halides is 3. The number of methoxy groups -OCH3 is 1. The molecule has 0 radical (unpaired) electrons. The van der Waals surface area contributed by atoms with Gasteiger partial charge in [-0.05, 0) is 117 Å².